The third kappa shape index (κ3) is 2.08. The quantitative estimate of drug-likeness (QED) is 0.740. The van der Waals surface area contributed by atoms with Crippen LogP contribution in [0.25, 0.3) is 0 Å². The molecule has 12 heavy (non-hydrogen) atoms. The van der Waals surface area contributed by atoms with Crippen LogP contribution >= 0.6 is 0 Å². The van der Waals surface area contributed by atoms with Gasteiger partial charge in [0.05, 0.1) is 12.1 Å². The summed E-state index contributed by atoms with van der Waals surface area (Å²) in [5, 5.41) is 8.38. The molecule has 0 bridgehead atoms. The molecule has 0 amide bonds. The van der Waals surface area contributed by atoms with Gasteiger partial charge in [0.2, 0.25) is 0 Å². The van der Waals surface area contributed by atoms with E-state index in [-0.39, 0.29) is 6.42 Å². The van der Waals surface area contributed by atoms with Gasteiger partial charge >= 0.3 is 5.97 Å². The Balaban J connectivity index is 2.58. The van der Waals surface area contributed by atoms with E-state index in [2.05, 4.69) is 4.98 Å². The number of rotatable bonds is 3. The van der Waals surface area contributed by atoms with Gasteiger partial charge in [-0.3, -0.25) is 4.79 Å². The van der Waals surface area contributed by atoms with Gasteiger partial charge in [0.15, 0.2) is 5.89 Å². The van der Waals surface area contributed by atoms with Crippen molar-refractivity contribution in [3.63, 3.8) is 0 Å². The van der Waals surface area contributed by atoms with Gasteiger partial charge < -0.3 is 9.52 Å². The molecule has 0 atom stereocenters. The number of aromatic nitrogens is 1. The lowest BCUT2D eigenvalue weighted by atomic mass is 10.3. The predicted octanol–water partition coefficient (Wildman–Crippen LogP) is 1.31. The lowest BCUT2D eigenvalue weighted by Crippen LogP contribution is -1.97. The lowest BCUT2D eigenvalue weighted by Gasteiger charge is -1.88. The normalized spacial score (nSPS) is 10.2. The Labute approximate surface area is 70.2 Å². The highest BCUT2D eigenvalue weighted by Gasteiger charge is 2.06. The molecule has 0 aliphatic carbocycles. The molecular formula is C8H11NO3. The number of aliphatic carboxylic acids is 1. The molecule has 0 saturated heterocycles. The molecule has 4 heteroatoms. The molecule has 1 aromatic heterocycles. The Morgan fingerprint density at radius 1 is 1.58 bits per heavy atom. The standard InChI is InChI=1S/C8H11NO3/c1-5-6(2)12-7(9-5)3-4-8(10)11/h3-4H2,1-2H3,(H,10,11). The van der Waals surface area contributed by atoms with E-state index in [1.807, 2.05) is 13.8 Å². The summed E-state index contributed by atoms with van der Waals surface area (Å²) in [4.78, 5) is 14.2. The first kappa shape index (κ1) is 8.77. The zero-order valence-electron chi connectivity index (χ0n) is 7.13. The highest BCUT2D eigenvalue weighted by atomic mass is 16.4. The highest BCUT2D eigenvalue weighted by molar-refractivity contribution is 5.66. The van der Waals surface area contributed by atoms with Crippen LogP contribution in [0.3, 0.4) is 0 Å². The summed E-state index contributed by atoms with van der Waals surface area (Å²) in [6.45, 7) is 3.65. The van der Waals surface area contributed by atoms with Gasteiger partial charge in [0, 0.05) is 6.42 Å². The summed E-state index contributed by atoms with van der Waals surface area (Å²) in [5.41, 5.74) is 0.829. The molecular weight excluding hydrogens is 158 g/mol. The van der Waals surface area contributed by atoms with Crippen molar-refractivity contribution in [2.45, 2.75) is 26.7 Å². The van der Waals surface area contributed by atoms with Crippen LogP contribution in [-0.4, -0.2) is 16.1 Å². The van der Waals surface area contributed by atoms with E-state index >= 15 is 0 Å². The molecule has 66 valence electrons. The number of aryl methyl sites for hydroxylation is 3. The van der Waals surface area contributed by atoms with E-state index in [1.54, 1.807) is 0 Å². The summed E-state index contributed by atoms with van der Waals surface area (Å²) in [6.07, 6.45) is 0.434. The second kappa shape index (κ2) is 3.38. The second-order valence-electron chi connectivity index (χ2n) is 2.64. The monoisotopic (exact) mass is 169 g/mol. The Hall–Kier alpha value is -1.32. The number of hydrogen-bond donors (Lipinski definition) is 1. The molecule has 1 aromatic rings. The maximum absolute atomic E-state index is 10.2. The summed E-state index contributed by atoms with van der Waals surface area (Å²) in [5.74, 6) is 0.436. The Bertz CT molecular complexity index is 271. The molecule has 0 unspecified atom stereocenters. The maximum atomic E-state index is 10.2. The number of carbonyl (C=O) groups is 1. The molecule has 0 spiro atoms. The Morgan fingerprint density at radius 2 is 2.25 bits per heavy atom. The van der Waals surface area contributed by atoms with Crippen LogP contribution in [0.5, 0.6) is 0 Å². The first-order valence-corrected chi connectivity index (χ1v) is 3.74. The van der Waals surface area contributed by atoms with Crippen LogP contribution in [-0.2, 0) is 11.2 Å². The molecule has 1 N–H and O–H groups in total. The van der Waals surface area contributed by atoms with E-state index in [1.165, 1.54) is 0 Å². The van der Waals surface area contributed by atoms with Crippen molar-refractivity contribution in [3.8, 4) is 0 Å². The fourth-order valence-corrected chi connectivity index (χ4v) is 0.860. The molecule has 1 rings (SSSR count). The van der Waals surface area contributed by atoms with Crippen molar-refractivity contribution in [3.05, 3.63) is 17.3 Å². The summed E-state index contributed by atoms with van der Waals surface area (Å²) < 4.78 is 5.19. The third-order valence-electron chi connectivity index (χ3n) is 1.63. The van der Waals surface area contributed by atoms with Gasteiger partial charge in [0.25, 0.3) is 0 Å². The maximum Gasteiger partial charge on any atom is 0.303 e. The number of carboxylic acids is 1. The van der Waals surface area contributed by atoms with Crippen LogP contribution in [0.2, 0.25) is 0 Å². The summed E-state index contributed by atoms with van der Waals surface area (Å²) >= 11 is 0. The van der Waals surface area contributed by atoms with Crippen molar-refractivity contribution < 1.29 is 14.3 Å². The van der Waals surface area contributed by atoms with Crippen LogP contribution in [0, 0.1) is 13.8 Å². The van der Waals surface area contributed by atoms with Crippen LogP contribution < -0.4 is 0 Å². The molecule has 0 fully saturated rings. The molecule has 4 nitrogen and oxygen atoms in total. The molecule has 0 aromatic carbocycles. The van der Waals surface area contributed by atoms with E-state index in [4.69, 9.17) is 9.52 Å². The average Bonchev–Trinajstić information content (AvgIpc) is 2.28. The highest BCUT2D eigenvalue weighted by Crippen LogP contribution is 2.09. The Morgan fingerprint density at radius 3 is 2.67 bits per heavy atom. The average molecular weight is 169 g/mol. The predicted molar refractivity (Wildman–Crippen MR) is 41.9 cm³/mol. The van der Waals surface area contributed by atoms with Gasteiger partial charge in [-0.2, -0.15) is 0 Å². The molecule has 0 aliphatic heterocycles. The summed E-state index contributed by atoms with van der Waals surface area (Å²) in [7, 11) is 0. The van der Waals surface area contributed by atoms with Crippen LogP contribution in [0.1, 0.15) is 23.8 Å². The third-order valence-corrected chi connectivity index (χ3v) is 1.63. The van der Waals surface area contributed by atoms with Crippen molar-refractivity contribution in [2.75, 3.05) is 0 Å². The van der Waals surface area contributed by atoms with Crippen LogP contribution in [0.15, 0.2) is 4.42 Å². The first-order valence-electron chi connectivity index (χ1n) is 3.74. The SMILES string of the molecule is Cc1nc(CCC(=O)O)oc1C. The number of nitrogens with zero attached hydrogens (tertiary/aromatic N) is 1. The van der Waals surface area contributed by atoms with Gasteiger partial charge in [-0.05, 0) is 13.8 Å². The largest absolute Gasteiger partial charge is 0.481 e. The Kier molecular flexibility index (Phi) is 2.47. The molecule has 0 aliphatic rings. The topological polar surface area (TPSA) is 63.3 Å². The minimum absolute atomic E-state index is 0.0688. The van der Waals surface area contributed by atoms with Gasteiger partial charge in [-0.15, -0.1) is 0 Å². The van der Waals surface area contributed by atoms with Crippen molar-refractivity contribution in [2.24, 2.45) is 0 Å². The van der Waals surface area contributed by atoms with E-state index < -0.39 is 5.97 Å². The van der Waals surface area contributed by atoms with Crippen LogP contribution in [0.4, 0.5) is 0 Å². The molecule has 0 saturated carbocycles. The van der Waals surface area contributed by atoms with Gasteiger partial charge in [-0.1, -0.05) is 0 Å². The molecule has 1 heterocycles. The number of oxazole rings is 1. The van der Waals surface area contributed by atoms with E-state index in [9.17, 15) is 4.79 Å². The first-order chi connectivity index (χ1) is 5.59. The minimum Gasteiger partial charge on any atom is -0.481 e. The van der Waals surface area contributed by atoms with Gasteiger partial charge in [-0.25, -0.2) is 4.98 Å². The van der Waals surface area contributed by atoms with E-state index in [0.29, 0.717) is 12.3 Å². The van der Waals surface area contributed by atoms with Gasteiger partial charge in [0.1, 0.15) is 5.76 Å². The zero-order chi connectivity index (χ0) is 9.14. The fraction of sp³-hybridized carbons (Fsp3) is 0.500. The minimum atomic E-state index is -0.830. The van der Waals surface area contributed by atoms with Crippen molar-refractivity contribution in [1.82, 2.24) is 4.98 Å². The van der Waals surface area contributed by atoms with E-state index in [0.717, 1.165) is 11.5 Å². The van der Waals surface area contributed by atoms with Crippen molar-refractivity contribution in [1.29, 1.82) is 0 Å². The fourth-order valence-electron chi connectivity index (χ4n) is 0.860. The lowest BCUT2D eigenvalue weighted by molar-refractivity contribution is -0.137. The molecule has 0 radical (unpaired) electrons. The smallest absolute Gasteiger partial charge is 0.303 e. The number of carboxylic acid groups (broad SMARTS) is 1. The second-order valence-corrected chi connectivity index (χ2v) is 2.64. The zero-order valence-corrected chi connectivity index (χ0v) is 7.13. The summed E-state index contributed by atoms with van der Waals surface area (Å²) in [6, 6.07) is 0. The van der Waals surface area contributed by atoms with Crippen molar-refractivity contribution >= 4 is 5.97 Å². The number of hydrogen-bond acceptors (Lipinski definition) is 3.